The molecule has 4 rings (SSSR count). The molecule has 2 aromatic rings. The van der Waals surface area contributed by atoms with Crippen molar-refractivity contribution in [2.24, 2.45) is 5.92 Å². The van der Waals surface area contributed by atoms with Gasteiger partial charge in [-0.05, 0) is 60.2 Å². The van der Waals surface area contributed by atoms with Crippen LogP contribution in [0, 0.1) is 5.92 Å². The molecule has 0 spiro atoms. The molecule has 1 amide bonds. The van der Waals surface area contributed by atoms with Crippen molar-refractivity contribution < 1.29 is 14.3 Å². The van der Waals surface area contributed by atoms with Gasteiger partial charge in [-0.25, -0.2) is 0 Å². The summed E-state index contributed by atoms with van der Waals surface area (Å²) in [6.45, 7) is 0.703. The van der Waals surface area contributed by atoms with Gasteiger partial charge in [0, 0.05) is 17.5 Å². The van der Waals surface area contributed by atoms with Gasteiger partial charge in [0.15, 0.2) is 11.5 Å². The number of carbonyl (C=O) groups excluding carboxylic acids is 1. The Kier molecular flexibility index (Phi) is 5.00. The van der Waals surface area contributed by atoms with Gasteiger partial charge in [0.1, 0.15) is 0 Å². The third-order valence-corrected chi connectivity index (χ3v) is 6.01. The fourth-order valence-electron chi connectivity index (χ4n) is 4.11. The van der Waals surface area contributed by atoms with Crippen LogP contribution in [0.1, 0.15) is 42.0 Å². The van der Waals surface area contributed by atoms with Gasteiger partial charge in [-0.15, -0.1) is 0 Å². The van der Waals surface area contributed by atoms with E-state index in [9.17, 15) is 4.79 Å². The topological polar surface area (TPSA) is 38.8 Å². The maximum atomic E-state index is 13.2. The second kappa shape index (κ2) is 7.43. The SMILES string of the molecule is COc1cc2c(cc1OC)C(c1cccc(Cl)c1)N(C(=O)C1CCC1)CC2. The van der Waals surface area contributed by atoms with Crippen LogP contribution in [0.2, 0.25) is 5.02 Å². The van der Waals surface area contributed by atoms with Crippen molar-refractivity contribution in [1.29, 1.82) is 0 Å². The number of rotatable bonds is 4. The van der Waals surface area contributed by atoms with Gasteiger partial charge >= 0.3 is 0 Å². The predicted molar refractivity (Wildman–Crippen MR) is 106 cm³/mol. The molecule has 1 heterocycles. The van der Waals surface area contributed by atoms with E-state index in [2.05, 4.69) is 0 Å². The number of benzene rings is 2. The lowest BCUT2D eigenvalue weighted by atomic mass is 9.81. The summed E-state index contributed by atoms with van der Waals surface area (Å²) in [5.41, 5.74) is 3.31. The van der Waals surface area contributed by atoms with Crippen LogP contribution in [-0.2, 0) is 11.2 Å². The van der Waals surface area contributed by atoms with Crippen LogP contribution in [0.15, 0.2) is 36.4 Å². The van der Waals surface area contributed by atoms with Gasteiger partial charge in [0.25, 0.3) is 0 Å². The van der Waals surface area contributed by atoms with Crippen molar-refractivity contribution in [3.63, 3.8) is 0 Å². The predicted octanol–water partition coefficient (Wildman–Crippen LogP) is 4.63. The molecule has 1 aliphatic heterocycles. The quantitative estimate of drug-likeness (QED) is 0.770. The molecule has 2 aromatic carbocycles. The van der Waals surface area contributed by atoms with E-state index in [1.807, 2.05) is 41.3 Å². The summed E-state index contributed by atoms with van der Waals surface area (Å²) in [5, 5.41) is 0.677. The maximum absolute atomic E-state index is 13.2. The zero-order chi connectivity index (χ0) is 19.0. The summed E-state index contributed by atoms with van der Waals surface area (Å²) in [7, 11) is 3.28. The zero-order valence-electron chi connectivity index (χ0n) is 15.7. The summed E-state index contributed by atoms with van der Waals surface area (Å²) in [5.74, 6) is 1.82. The van der Waals surface area contributed by atoms with Crippen LogP contribution < -0.4 is 9.47 Å². The lowest BCUT2D eigenvalue weighted by Gasteiger charge is -2.41. The highest BCUT2D eigenvalue weighted by Crippen LogP contribution is 2.43. The molecule has 0 N–H and O–H groups in total. The standard InChI is InChI=1S/C22H24ClNO3/c1-26-19-12-15-9-10-24(22(25)14-5-3-6-14)21(18(15)13-20(19)27-2)16-7-4-8-17(23)11-16/h4,7-8,11-14,21H,3,5-6,9-10H2,1-2H3. The molecule has 1 saturated carbocycles. The number of fused-ring (bicyclic) bond motifs is 1. The van der Waals surface area contributed by atoms with Crippen LogP contribution in [0.25, 0.3) is 0 Å². The Morgan fingerprint density at radius 1 is 1.11 bits per heavy atom. The fourth-order valence-corrected chi connectivity index (χ4v) is 4.31. The smallest absolute Gasteiger partial charge is 0.226 e. The number of nitrogens with zero attached hydrogens (tertiary/aromatic N) is 1. The molecule has 1 atom stereocenters. The average molecular weight is 386 g/mol. The summed E-state index contributed by atoms with van der Waals surface area (Å²) in [6.07, 6.45) is 3.95. The van der Waals surface area contributed by atoms with Crippen LogP contribution in [0.4, 0.5) is 0 Å². The lowest BCUT2D eigenvalue weighted by molar-refractivity contribution is -0.140. The molecule has 27 heavy (non-hydrogen) atoms. The molecule has 0 saturated heterocycles. The van der Waals surface area contributed by atoms with E-state index in [0.29, 0.717) is 17.3 Å². The van der Waals surface area contributed by atoms with Crippen LogP contribution in [0.5, 0.6) is 11.5 Å². The number of hydrogen-bond donors (Lipinski definition) is 0. The Balaban J connectivity index is 1.83. The highest BCUT2D eigenvalue weighted by atomic mass is 35.5. The number of methoxy groups -OCH3 is 2. The van der Waals surface area contributed by atoms with Crippen LogP contribution in [0.3, 0.4) is 0 Å². The van der Waals surface area contributed by atoms with Gasteiger partial charge in [0.2, 0.25) is 5.91 Å². The van der Waals surface area contributed by atoms with Gasteiger partial charge in [0.05, 0.1) is 20.3 Å². The molecule has 0 aromatic heterocycles. The largest absolute Gasteiger partial charge is 0.493 e. The minimum Gasteiger partial charge on any atom is -0.493 e. The number of halogens is 1. The Bertz CT molecular complexity index is 863. The molecular weight excluding hydrogens is 362 g/mol. The summed E-state index contributed by atoms with van der Waals surface area (Å²) < 4.78 is 11.0. The highest BCUT2D eigenvalue weighted by molar-refractivity contribution is 6.30. The van der Waals surface area contributed by atoms with E-state index in [1.54, 1.807) is 14.2 Å². The first-order valence-corrected chi connectivity index (χ1v) is 9.81. The van der Waals surface area contributed by atoms with E-state index in [4.69, 9.17) is 21.1 Å². The molecule has 0 bridgehead atoms. The molecular formula is C22H24ClNO3. The second-order valence-electron chi connectivity index (χ2n) is 7.27. The van der Waals surface area contributed by atoms with Crippen molar-refractivity contribution in [2.45, 2.75) is 31.7 Å². The zero-order valence-corrected chi connectivity index (χ0v) is 16.5. The van der Waals surface area contributed by atoms with Gasteiger partial charge < -0.3 is 14.4 Å². The van der Waals surface area contributed by atoms with Crippen molar-refractivity contribution in [3.05, 3.63) is 58.1 Å². The second-order valence-corrected chi connectivity index (χ2v) is 7.71. The monoisotopic (exact) mass is 385 g/mol. The molecule has 5 heteroatoms. The molecule has 1 unspecified atom stereocenters. The van der Waals surface area contributed by atoms with Crippen molar-refractivity contribution in [1.82, 2.24) is 4.90 Å². The van der Waals surface area contributed by atoms with Gasteiger partial charge in [-0.1, -0.05) is 30.2 Å². The number of ether oxygens (including phenoxy) is 2. The Labute approximate surface area is 165 Å². The molecule has 0 radical (unpaired) electrons. The van der Waals surface area contributed by atoms with Gasteiger partial charge in [-0.2, -0.15) is 0 Å². The van der Waals surface area contributed by atoms with E-state index >= 15 is 0 Å². The Hall–Kier alpha value is -2.20. The minimum absolute atomic E-state index is 0.152. The third-order valence-electron chi connectivity index (χ3n) is 5.78. The van der Waals surface area contributed by atoms with E-state index in [1.165, 1.54) is 5.56 Å². The molecule has 1 fully saturated rings. The van der Waals surface area contributed by atoms with Crippen molar-refractivity contribution >= 4 is 17.5 Å². The minimum atomic E-state index is -0.152. The average Bonchev–Trinajstić information content (AvgIpc) is 2.64. The number of hydrogen-bond acceptors (Lipinski definition) is 3. The summed E-state index contributed by atoms with van der Waals surface area (Å²) in [6, 6.07) is 11.7. The number of amides is 1. The third kappa shape index (κ3) is 3.27. The van der Waals surface area contributed by atoms with Crippen molar-refractivity contribution in [3.8, 4) is 11.5 Å². The lowest BCUT2D eigenvalue weighted by Crippen LogP contribution is -2.45. The number of carbonyl (C=O) groups is 1. The first kappa shape index (κ1) is 18.2. The van der Waals surface area contributed by atoms with Crippen LogP contribution >= 0.6 is 11.6 Å². The normalized spacial score (nSPS) is 19.2. The Morgan fingerprint density at radius 3 is 2.48 bits per heavy atom. The van der Waals surface area contributed by atoms with E-state index in [0.717, 1.165) is 42.6 Å². The summed E-state index contributed by atoms with van der Waals surface area (Å²) >= 11 is 6.28. The van der Waals surface area contributed by atoms with Crippen molar-refractivity contribution in [2.75, 3.05) is 20.8 Å². The molecule has 142 valence electrons. The fraction of sp³-hybridized carbons (Fsp3) is 0.409. The first-order chi connectivity index (χ1) is 13.1. The van der Waals surface area contributed by atoms with Gasteiger partial charge in [-0.3, -0.25) is 4.79 Å². The van der Waals surface area contributed by atoms with E-state index < -0.39 is 0 Å². The summed E-state index contributed by atoms with van der Waals surface area (Å²) in [4.78, 5) is 15.2. The molecule has 1 aliphatic carbocycles. The van der Waals surface area contributed by atoms with E-state index in [-0.39, 0.29) is 17.9 Å². The molecule has 2 aliphatic rings. The first-order valence-electron chi connectivity index (χ1n) is 9.43. The highest BCUT2D eigenvalue weighted by Gasteiger charge is 2.37. The molecule has 4 nitrogen and oxygen atoms in total. The maximum Gasteiger partial charge on any atom is 0.226 e. The van der Waals surface area contributed by atoms with Crippen LogP contribution in [-0.4, -0.2) is 31.6 Å². The Morgan fingerprint density at radius 2 is 1.85 bits per heavy atom.